The second-order valence-corrected chi connectivity index (χ2v) is 3.07. The van der Waals surface area contributed by atoms with Crippen LogP contribution in [0.5, 0.6) is 0 Å². The molecule has 0 unspecified atom stereocenters. The molecule has 0 bridgehead atoms. The minimum atomic E-state index is 0.109. The first-order valence-corrected chi connectivity index (χ1v) is 4.30. The van der Waals surface area contributed by atoms with E-state index in [2.05, 4.69) is 0 Å². The molecule has 1 aromatic heterocycles. The van der Waals surface area contributed by atoms with E-state index < -0.39 is 0 Å². The third-order valence-corrected chi connectivity index (χ3v) is 2.20. The molecular formula is C9H12N2O. The molecule has 0 aliphatic carbocycles. The van der Waals surface area contributed by atoms with Gasteiger partial charge in [-0.2, -0.15) is 0 Å². The molecule has 64 valence electrons. The Bertz CT molecular complexity index is 260. The van der Waals surface area contributed by atoms with Gasteiger partial charge in [0.15, 0.2) is 0 Å². The largest absolute Gasteiger partial charge is 0.328 e. The van der Waals surface area contributed by atoms with Crippen LogP contribution in [0.1, 0.15) is 12.8 Å². The zero-order valence-corrected chi connectivity index (χ0v) is 6.94. The Morgan fingerprint density at radius 2 is 1.67 bits per heavy atom. The van der Waals surface area contributed by atoms with Gasteiger partial charge in [-0.1, -0.05) is 0 Å². The lowest BCUT2D eigenvalue weighted by Crippen LogP contribution is -2.31. The van der Waals surface area contributed by atoms with Gasteiger partial charge in [0, 0.05) is 25.5 Å². The predicted octanol–water partition coefficient (Wildman–Crippen LogP) is 1.55. The van der Waals surface area contributed by atoms with Gasteiger partial charge in [-0.3, -0.25) is 4.57 Å². The van der Waals surface area contributed by atoms with Crippen molar-refractivity contribution in [2.75, 3.05) is 13.1 Å². The molecule has 1 saturated heterocycles. The van der Waals surface area contributed by atoms with Crippen LogP contribution in [-0.2, 0) is 0 Å². The van der Waals surface area contributed by atoms with Gasteiger partial charge in [0.2, 0.25) is 0 Å². The third-order valence-electron chi connectivity index (χ3n) is 2.20. The second kappa shape index (κ2) is 3.01. The summed E-state index contributed by atoms with van der Waals surface area (Å²) in [5.41, 5.74) is 0. The summed E-state index contributed by atoms with van der Waals surface area (Å²) >= 11 is 0. The maximum absolute atomic E-state index is 11.6. The summed E-state index contributed by atoms with van der Waals surface area (Å²) < 4.78 is 1.63. The lowest BCUT2D eigenvalue weighted by molar-refractivity contribution is 0.210. The number of amides is 1. The molecule has 1 fully saturated rings. The SMILES string of the molecule is O=C(N1CCCC1)n1cccc1. The average Bonchev–Trinajstić information content (AvgIpc) is 2.77. The molecule has 2 rings (SSSR count). The number of carbonyl (C=O) groups excluding carboxylic acids is 1. The monoisotopic (exact) mass is 164 g/mol. The predicted molar refractivity (Wildman–Crippen MR) is 46.0 cm³/mol. The molecule has 0 spiro atoms. The fourth-order valence-corrected chi connectivity index (χ4v) is 1.53. The van der Waals surface area contributed by atoms with Gasteiger partial charge in [0.1, 0.15) is 0 Å². The topological polar surface area (TPSA) is 25.2 Å². The van der Waals surface area contributed by atoms with Crippen molar-refractivity contribution in [3.05, 3.63) is 24.5 Å². The van der Waals surface area contributed by atoms with E-state index >= 15 is 0 Å². The number of hydrogen-bond donors (Lipinski definition) is 0. The zero-order valence-electron chi connectivity index (χ0n) is 6.94. The molecular weight excluding hydrogens is 152 g/mol. The summed E-state index contributed by atoms with van der Waals surface area (Å²) in [7, 11) is 0. The Kier molecular flexibility index (Phi) is 1.86. The first kappa shape index (κ1) is 7.40. The molecule has 0 N–H and O–H groups in total. The van der Waals surface area contributed by atoms with Crippen LogP contribution in [0.25, 0.3) is 0 Å². The van der Waals surface area contributed by atoms with E-state index in [1.165, 1.54) is 0 Å². The molecule has 3 heteroatoms. The van der Waals surface area contributed by atoms with E-state index in [4.69, 9.17) is 0 Å². The molecule has 12 heavy (non-hydrogen) atoms. The summed E-state index contributed by atoms with van der Waals surface area (Å²) in [5.74, 6) is 0. The van der Waals surface area contributed by atoms with Gasteiger partial charge in [0.05, 0.1) is 0 Å². The van der Waals surface area contributed by atoms with E-state index in [1.807, 2.05) is 17.0 Å². The van der Waals surface area contributed by atoms with Crippen LogP contribution in [0.3, 0.4) is 0 Å². The summed E-state index contributed by atoms with van der Waals surface area (Å²) in [6.45, 7) is 1.83. The molecule has 1 aromatic rings. The highest BCUT2D eigenvalue weighted by Crippen LogP contribution is 2.09. The van der Waals surface area contributed by atoms with E-state index in [1.54, 1.807) is 17.0 Å². The van der Waals surface area contributed by atoms with Crippen LogP contribution in [0.2, 0.25) is 0 Å². The number of likely N-dealkylation sites (tertiary alicyclic amines) is 1. The number of hydrogen-bond acceptors (Lipinski definition) is 1. The average molecular weight is 164 g/mol. The maximum Gasteiger partial charge on any atom is 0.328 e. The van der Waals surface area contributed by atoms with Gasteiger partial charge in [-0.25, -0.2) is 4.79 Å². The van der Waals surface area contributed by atoms with Crippen LogP contribution < -0.4 is 0 Å². The molecule has 1 aliphatic rings. The number of nitrogens with zero attached hydrogens (tertiary/aromatic N) is 2. The second-order valence-electron chi connectivity index (χ2n) is 3.07. The minimum Gasteiger partial charge on any atom is -0.324 e. The third kappa shape index (κ3) is 1.22. The summed E-state index contributed by atoms with van der Waals surface area (Å²) in [6, 6.07) is 3.85. The minimum absolute atomic E-state index is 0.109. The van der Waals surface area contributed by atoms with Gasteiger partial charge in [-0.05, 0) is 25.0 Å². The van der Waals surface area contributed by atoms with Crippen molar-refractivity contribution in [2.45, 2.75) is 12.8 Å². The normalized spacial score (nSPS) is 16.8. The van der Waals surface area contributed by atoms with Crippen molar-refractivity contribution in [1.29, 1.82) is 0 Å². The zero-order chi connectivity index (χ0) is 8.39. The molecule has 0 saturated carbocycles. The Balaban J connectivity index is 2.09. The first-order chi connectivity index (χ1) is 5.88. The number of aromatic nitrogens is 1. The number of rotatable bonds is 0. The maximum atomic E-state index is 11.6. The van der Waals surface area contributed by atoms with Gasteiger partial charge >= 0.3 is 6.03 Å². The number of carbonyl (C=O) groups is 1. The summed E-state index contributed by atoms with van der Waals surface area (Å²) in [5, 5.41) is 0. The van der Waals surface area contributed by atoms with E-state index in [0.717, 1.165) is 25.9 Å². The Labute approximate surface area is 71.6 Å². The van der Waals surface area contributed by atoms with Crippen molar-refractivity contribution in [3.8, 4) is 0 Å². The van der Waals surface area contributed by atoms with Gasteiger partial charge < -0.3 is 4.90 Å². The lowest BCUT2D eigenvalue weighted by atomic mass is 10.4. The van der Waals surface area contributed by atoms with E-state index in [-0.39, 0.29) is 6.03 Å². The fourth-order valence-electron chi connectivity index (χ4n) is 1.53. The molecule has 1 amide bonds. The molecule has 2 heterocycles. The van der Waals surface area contributed by atoms with E-state index in [0.29, 0.717) is 0 Å². The van der Waals surface area contributed by atoms with Crippen LogP contribution in [-0.4, -0.2) is 28.6 Å². The van der Waals surface area contributed by atoms with Crippen LogP contribution >= 0.6 is 0 Å². The molecule has 0 atom stereocenters. The van der Waals surface area contributed by atoms with E-state index in [9.17, 15) is 4.79 Å². The van der Waals surface area contributed by atoms with Crippen LogP contribution in [0.4, 0.5) is 4.79 Å². The molecule has 0 aromatic carbocycles. The highest BCUT2D eigenvalue weighted by molar-refractivity contribution is 5.77. The van der Waals surface area contributed by atoms with Gasteiger partial charge in [0.25, 0.3) is 0 Å². The lowest BCUT2D eigenvalue weighted by Gasteiger charge is -2.14. The summed E-state index contributed by atoms with van der Waals surface area (Å²) in [4.78, 5) is 13.5. The molecule has 0 radical (unpaired) electrons. The van der Waals surface area contributed by atoms with Crippen molar-refractivity contribution in [3.63, 3.8) is 0 Å². The van der Waals surface area contributed by atoms with Crippen LogP contribution in [0.15, 0.2) is 24.5 Å². The highest BCUT2D eigenvalue weighted by atomic mass is 16.2. The Morgan fingerprint density at radius 3 is 2.25 bits per heavy atom. The molecule has 3 nitrogen and oxygen atoms in total. The Hall–Kier alpha value is -1.25. The van der Waals surface area contributed by atoms with Crippen molar-refractivity contribution in [2.24, 2.45) is 0 Å². The van der Waals surface area contributed by atoms with Crippen molar-refractivity contribution >= 4 is 6.03 Å². The van der Waals surface area contributed by atoms with Crippen LogP contribution in [0, 0.1) is 0 Å². The quantitative estimate of drug-likeness (QED) is 0.571. The molecule has 1 aliphatic heterocycles. The van der Waals surface area contributed by atoms with Crippen molar-refractivity contribution < 1.29 is 4.79 Å². The first-order valence-electron chi connectivity index (χ1n) is 4.30. The fraction of sp³-hybridized carbons (Fsp3) is 0.444. The Morgan fingerprint density at radius 1 is 1.08 bits per heavy atom. The summed E-state index contributed by atoms with van der Waals surface area (Å²) in [6.07, 6.45) is 5.88. The highest BCUT2D eigenvalue weighted by Gasteiger charge is 2.18. The smallest absolute Gasteiger partial charge is 0.324 e. The van der Waals surface area contributed by atoms with Crippen molar-refractivity contribution in [1.82, 2.24) is 9.47 Å². The standard InChI is InChI=1S/C9H12N2O/c12-9(10-5-1-2-6-10)11-7-3-4-8-11/h1-2,5-6H,3-4,7-8H2. The van der Waals surface area contributed by atoms with Gasteiger partial charge in [-0.15, -0.1) is 0 Å².